The molecule has 0 aliphatic rings. The third-order valence-electron chi connectivity index (χ3n) is 2.14. The Kier molecular flexibility index (Phi) is 19.4. The van der Waals surface area contributed by atoms with Gasteiger partial charge in [-0.2, -0.15) is 16.8 Å². The van der Waals surface area contributed by atoms with Crippen molar-refractivity contribution in [2.24, 2.45) is 11.5 Å². The van der Waals surface area contributed by atoms with Gasteiger partial charge in [0.2, 0.25) is 0 Å². The van der Waals surface area contributed by atoms with Gasteiger partial charge in [0.05, 0.1) is 11.5 Å². The molecule has 8 nitrogen and oxygen atoms in total. The Morgan fingerprint density at radius 3 is 1.32 bits per heavy atom. The van der Waals surface area contributed by atoms with E-state index in [1.807, 2.05) is 0 Å². The summed E-state index contributed by atoms with van der Waals surface area (Å²) in [6, 6.07) is -0.716. The Morgan fingerprint density at radius 1 is 0.818 bits per heavy atom. The molecule has 0 aromatic carbocycles. The summed E-state index contributed by atoms with van der Waals surface area (Å²) in [7, 11) is -5.17. The maximum absolute atomic E-state index is 10.5. The molecule has 0 aromatic heterocycles. The van der Waals surface area contributed by atoms with Crippen LogP contribution in [0.3, 0.4) is 0 Å². The van der Waals surface area contributed by atoms with E-state index in [4.69, 9.17) is 20.6 Å². The van der Waals surface area contributed by atoms with Crippen molar-refractivity contribution in [2.45, 2.75) is 24.9 Å². The first-order chi connectivity index (χ1) is 8.99. The summed E-state index contributed by atoms with van der Waals surface area (Å²) in [6.07, 6.45) is 0.336. The van der Waals surface area contributed by atoms with Crippen LogP contribution in [0.4, 0.5) is 0 Å². The van der Waals surface area contributed by atoms with Gasteiger partial charge in [0.15, 0.2) is 0 Å². The Bertz CT molecular complexity index is 441. The molecule has 6 N–H and O–H groups in total. The van der Waals surface area contributed by atoms with Crippen molar-refractivity contribution in [3.05, 3.63) is 0 Å². The van der Waals surface area contributed by atoms with Crippen LogP contribution < -0.4 is 70.6 Å². The van der Waals surface area contributed by atoms with Crippen LogP contribution in [-0.2, 0) is 20.2 Å². The monoisotopic (exact) mass is 416 g/mol. The largest absolute Gasteiger partial charge is 1.00 e. The van der Waals surface area contributed by atoms with Crippen LogP contribution in [0, 0.1) is 0 Å². The van der Waals surface area contributed by atoms with E-state index in [0.717, 1.165) is 0 Å². The maximum atomic E-state index is 10.5. The van der Waals surface area contributed by atoms with Gasteiger partial charge in [-0.05, 0) is 12.8 Å². The van der Waals surface area contributed by atoms with Crippen LogP contribution in [0.15, 0.2) is 0 Å². The SMILES string of the molecule is NC(CCS(=O)(=O)O)CSSCC(N)CCS(=O)(=O)O.[H-].[H-].[Na+].[Na+]. The third kappa shape index (κ3) is 22.4. The topological polar surface area (TPSA) is 161 Å². The molecule has 0 aliphatic heterocycles. The molecule has 0 saturated heterocycles. The van der Waals surface area contributed by atoms with Crippen molar-refractivity contribution in [1.29, 1.82) is 0 Å². The van der Waals surface area contributed by atoms with E-state index in [0.29, 0.717) is 11.5 Å². The smallest absolute Gasteiger partial charge is 1.00 e. The molecule has 0 aromatic rings. The van der Waals surface area contributed by atoms with Crippen LogP contribution in [0.5, 0.6) is 0 Å². The molecule has 2 unspecified atom stereocenters. The molecule has 0 saturated carbocycles. The first-order valence-corrected chi connectivity index (χ1v) is 11.4. The fourth-order valence-electron chi connectivity index (χ4n) is 1.04. The van der Waals surface area contributed by atoms with Crippen molar-refractivity contribution in [3.63, 3.8) is 0 Å². The third-order valence-corrected chi connectivity index (χ3v) is 6.26. The van der Waals surface area contributed by atoms with Gasteiger partial charge in [-0.1, -0.05) is 21.6 Å². The van der Waals surface area contributed by atoms with E-state index in [2.05, 4.69) is 0 Å². The van der Waals surface area contributed by atoms with E-state index in [1.54, 1.807) is 0 Å². The Morgan fingerprint density at radius 2 is 1.09 bits per heavy atom. The molecule has 14 heteroatoms. The van der Waals surface area contributed by atoms with Gasteiger partial charge in [0.25, 0.3) is 20.2 Å². The summed E-state index contributed by atoms with van der Waals surface area (Å²) in [6.45, 7) is 0. The zero-order valence-corrected chi connectivity index (χ0v) is 20.0. The molecular formula is C8H22N2Na2O6S4. The standard InChI is InChI=1S/C8H20N2O6S4.2Na.2H/c9-7(1-3-19(11,12)13)5-17-18-6-8(10)2-4-20(14,15)16;;;;/h7-8H,1-6,9-10H2,(H,11,12,13)(H,14,15,16);;;;/q;2*+1;2*-1. The minimum absolute atomic E-state index is 0. The average molecular weight is 417 g/mol. The maximum Gasteiger partial charge on any atom is 1.00 e. The molecule has 0 heterocycles. The van der Waals surface area contributed by atoms with Crippen LogP contribution >= 0.6 is 21.6 Å². The van der Waals surface area contributed by atoms with Crippen LogP contribution in [0.25, 0.3) is 0 Å². The Labute approximate surface area is 187 Å². The van der Waals surface area contributed by atoms with E-state index >= 15 is 0 Å². The minimum atomic E-state index is -3.98. The van der Waals surface area contributed by atoms with E-state index in [9.17, 15) is 16.8 Å². The summed E-state index contributed by atoms with van der Waals surface area (Å²) in [4.78, 5) is 0. The number of nitrogens with two attached hydrogens (primary N) is 2. The predicted octanol–water partition coefficient (Wildman–Crippen LogP) is -6.19. The summed E-state index contributed by atoms with van der Waals surface area (Å²) < 4.78 is 59.1. The number of hydrogen-bond donors (Lipinski definition) is 4. The molecule has 0 fully saturated rings. The second-order valence-electron chi connectivity index (χ2n) is 4.24. The minimum Gasteiger partial charge on any atom is -1.00 e. The molecule has 0 rings (SSSR count). The molecule has 0 bridgehead atoms. The van der Waals surface area contributed by atoms with E-state index in [1.165, 1.54) is 21.6 Å². The fourth-order valence-corrected chi connectivity index (χ4v) is 4.74. The molecule has 2 atom stereocenters. The van der Waals surface area contributed by atoms with Crippen molar-refractivity contribution < 1.29 is 87.9 Å². The molecule has 0 amide bonds. The second-order valence-corrected chi connectivity index (χ2v) is 9.94. The molecule has 0 spiro atoms. The van der Waals surface area contributed by atoms with Gasteiger partial charge in [-0.25, -0.2) is 0 Å². The van der Waals surface area contributed by atoms with Crippen molar-refractivity contribution in [3.8, 4) is 0 Å². The first kappa shape index (κ1) is 29.2. The van der Waals surface area contributed by atoms with Gasteiger partial charge >= 0.3 is 59.1 Å². The quantitative estimate of drug-likeness (QED) is 0.110. The second kappa shape index (κ2) is 14.6. The van der Waals surface area contributed by atoms with Crippen LogP contribution in [0.1, 0.15) is 15.7 Å². The van der Waals surface area contributed by atoms with E-state index in [-0.39, 0.29) is 98.4 Å². The Balaban J connectivity index is -0.000000301. The Hall–Kier alpha value is 2.44. The van der Waals surface area contributed by atoms with Crippen molar-refractivity contribution in [1.82, 2.24) is 0 Å². The van der Waals surface area contributed by atoms with Gasteiger partial charge in [0, 0.05) is 23.6 Å². The molecule has 0 aliphatic carbocycles. The van der Waals surface area contributed by atoms with Gasteiger partial charge in [-0.15, -0.1) is 0 Å². The predicted molar refractivity (Wildman–Crippen MR) is 85.2 cm³/mol. The van der Waals surface area contributed by atoms with Crippen LogP contribution in [0.2, 0.25) is 0 Å². The normalized spacial score (nSPS) is 14.5. The fraction of sp³-hybridized carbons (Fsp3) is 1.00. The first-order valence-electron chi connectivity index (χ1n) is 5.65. The molecular weight excluding hydrogens is 394 g/mol. The average Bonchev–Trinajstić information content (AvgIpc) is 2.27. The van der Waals surface area contributed by atoms with Gasteiger partial charge in [0.1, 0.15) is 0 Å². The zero-order valence-electron chi connectivity index (χ0n) is 14.7. The molecule has 22 heavy (non-hydrogen) atoms. The number of rotatable bonds is 11. The summed E-state index contributed by atoms with van der Waals surface area (Å²) >= 11 is 0. The van der Waals surface area contributed by atoms with Crippen LogP contribution in [-0.4, -0.2) is 61.0 Å². The number of hydrogen-bond acceptors (Lipinski definition) is 8. The van der Waals surface area contributed by atoms with E-state index < -0.39 is 20.2 Å². The van der Waals surface area contributed by atoms with Gasteiger partial charge < -0.3 is 14.3 Å². The van der Waals surface area contributed by atoms with Crippen molar-refractivity contribution >= 4 is 41.8 Å². The zero-order chi connectivity index (χ0) is 15.8. The summed E-state index contributed by atoms with van der Waals surface area (Å²) in [5, 5.41) is 0. The summed E-state index contributed by atoms with van der Waals surface area (Å²) in [5.41, 5.74) is 11.3. The molecule has 0 radical (unpaired) electrons. The molecule has 126 valence electrons. The summed E-state index contributed by atoms with van der Waals surface area (Å²) in [5.74, 6) is 0.247. The van der Waals surface area contributed by atoms with Crippen molar-refractivity contribution in [2.75, 3.05) is 23.0 Å². The van der Waals surface area contributed by atoms with Gasteiger partial charge in [-0.3, -0.25) is 9.11 Å².